The van der Waals surface area contributed by atoms with E-state index < -0.39 is 5.97 Å². The molecule has 0 unspecified atom stereocenters. The lowest BCUT2D eigenvalue weighted by atomic mass is 10.0. The largest absolute Gasteiger partial charge is 0.478 e. The lowest BCUT2D eigenvalue weighted by molar-refractivity contribution is 0.0696. The highest BCUT2D eigenvalue weighted by molar-refractivity contribution is 5.91. The number of anilines is 1. The van der Waals surface area contributed by atoms with E-state index in [2.05, 4.69) is 10.2 Å². The van der Waals surface area contributed by atoms with Gasteiger partial charge in [0.1, 0.15) is 5.82 Å². The van der Waals surface area contributed by atoms with Crippen LogP contribution in [0.5, 0.6) is 0 Å². The molecule has 5 nitrogen and oxygen atoms in total. The number of carboxylic acid groups (broad SMARTS) is 1. The average molecular weight is 217 g/mol. The second kappa shape index (κ2) is 3.69. The van der Waals surface area contributed by atoms with E-state index in [0.717, 1.165) is 11.1 Å². The van der Waals surface area contributed by atoms with Crippen LogP contribution in [0.1, 0.15) is 15.9 Å². The molecule has 2 rings (SSSR count). The van der Waals surface area contributed by atoms with E-state index in [0.29, 0.717) is 11.4 Å². The number of aromatic nitrogens is 2. The number of rotatable bonds is 2. The van der Waals surface area contributed by atoms with Crippen molar-refractivity contribution >= 4 is 11.8 Å². The van der Waals surface area contributed by atoms with E-state index in [-0.39, 0.29) is 5.56 Å². The molecule has 0 fully saturated rings. The molecule has 0 amide bonds. The van der Waals surface area contributed by atoms with Gasteiger partial charge in [0.25, 0.3) is 0 Å². The number of nitrogen functional groups attached to an aromatic ring is 1. The van der Waals surface area contributed by atoms with Crippen LogP contribution in [0.3, 0.4) is 0 Å². The second-order valence-corrected chi connectivity index (χ2v) is 3.53. The number of hydrogen-bond acceptors (Lipinski definition) is 3. The van der Waals surface area contributed by atoms with E-state index in [1.165, 1.54) is 0 Å². The summed E-state index contributed by atoms with van der Waals surface area (Å²) in [7, 11) is 0. The minimum Gasteiger partial charge on any atom is -0.478 e. The van der Waals surface area contributed by atoms with Gasteiger partial charge in [0.15, 0.2) is 0 Å². The van der Waals surface area contributed by atoms with Crippen molar-refractivity contribution in [3.63, 3.8) is 0 Å². The monoisotopic (exact) mass is 217 g/mol. The SMILES string of the molecule is Cc1ccc(-c2cn[nH]c2N)cc1C(=O)O. The van der Waals surface area contributed by atoms with Crippen LogP contribution in [0.25, 0.3) is 11.1 Å². The maximum absolute atomic E-state index is 11.0. The Labute approximate surface area is 91.9 Å². The molecule has 0 aliphatic carbocycles. The predicted octanol–water partition coefficient (Wildman–Crippen LogP) is 1.67. The summed E-state index contributed by atoms with van der Waals surface area (Å²) in [6, 6.07) is 5.17. The number of aromatic amines is 1. The van der Waals surface area contributed by atoms with Crippen LogP contribution < -0.4 is 5.73 Å². The Balaban J connectivity index is 2.56. The molecule has 0 saturated carbocycles. The summed E-state index contributed by atoms with van der Waals surface area (Å²) in [6.45, 7) is 1.76. The van der Waals surface area contributed by atoms with Crippen molar-refractivity contribution in [2.75, 3.05) is 5.73 Å². The van der Waals surface area contributed by atoms with Crippen LogP contribution in [-0.2, 0) is 0 Å². The number of nitrogens with zero attached hydrogens (tertiary/aromatic N) is 1. The minimum absolute atomic E-state index is 0.276. The average Bonchev–Trinajstić information content (AvgIpc) is 2.65. The normalized spacial score (nSPS) is 10.3. The molecule has 4 N–H and O–H groups in total. The fourth-order valence-corrected chi connectivity index (χ4v) is 1.55. The summed E-state index contributed by atoms with van der Waals surface area (Å²) in [5, 5.41) is 15.4. The summed E-state index contributed by atoms with van der Waals surface area (Å²) < 4.78 is 0. The number of nitrogens with one attached hydrogen (secondary N) is 1. The maximum atomic E-state index is 11.0. The van der Waals surface area contributed by atoms with Gasteiger partial charge < -0.3 is 10.8 Å². The lowest BCUT2D eigenvalue weighted by Crippen LogP contribution is -2.00. The zero-order valence-corrected chi connectivity index (χ0v) is 8.69. The van der Waals surface area contributed by atoms with E-state index in [1.54, 1.807) is 25.3 Å². The third kappa shape index (κ3) is 1.63. The van der Waals surface area contributed by atoms with Crippen molar-refractivity contribution in [3.8, 4) is 11.1 Å². The Morgan fingerprint density at radius 1 is 1.50 bits per heavy atom. The lowest BCUT2D eigenvalue weighted by Gasteiger charge is -2.04. The van der Waals surface area contributed by atoms with Gasteiger partial charge in [-0.1, -0.05) is 12.1 Å². The molecule has 1 aromatic carbocycles. The first kappa shape index (κ1) is 10.2. The van der Waals surface area contributed by atoms with E-state index >= 15 is 0 Å². The minimum atomic E-state index is -0.943. The Kier molecular flexibility index (Phi) is 2.36. The van der Waals surface area contributed by atoms with Crippen molar-refractivity contribution in [3.05, 3.63) is 35.5 Å². The molecule has 2 aromatic rings. The molecule has 0 aliphatic heterocycles. The second-order valence-electron chi connectivity index (χ2n) is 3.53. The third-order valence-electron chi connectivity index (χ3n) is 2.45. The van der Waals surface area contributed by atoms with Gasteiger partial charge in [-0.25, -0.2) is 4.79 Å². The van der Waals surface area contributed by atoms with Crippen molar-refractivity contribution in [1.82, 2.24) is 10.2 Å². The summed E-state index contributed by atoms with van der Waals surface area (Å²) in [6.07, 6.45) is 1.58. The highest BCUT2D eigenvalue weighted by atomic mass is 16.4. The molecule has 0 aliphatic rings. The number of H-pyrrole nitrogens is 1. The molecule has 0 bridgehead atoms. The van der Waals surface area contributed by atoms with Crippen molar-refractivity contribution < 1.29 is 9.90 Å². The highest BCUT2D eigenvalue weighted by Gasteiger charge is 2.11. The first-order valence-corrected chi connectivity index (χ1v) is 4.72. The molecule has 1 heterocycles. The Hall–Kier alpha value is -2.30. The van der Waals surface area contributed by atoms with Gasteiger partial charge in [-0.05, 0) is 24.1 Å². The number of aromatic carboxylic acids is 1. The molecule has 82 valence electrons. The van der Waals surface area contributed by atoms with Gasteiger partial charge in [-0.15, -0.1) is 0 Å². The summed E-state index contributed by atoms with van der Waals surface area (Å²) >= 11 is 0. The predicted molar refractivity (Wildman–Crippen MR) is 60.1 cm³/mol. The molecular weight excluding hydrogens is 206 g/mol. The van der Waals surface area contributed by atoms with Gasteiger partial charge in [-0.3, -0.25) is 5.10 Å². The van der Waals surface area contributed by atoms with Gasteiger partial charge in [-0.2, -0.15) is 5.10 Å². The van der Waals surface area contributed by atoms with Crippen molar-refractivity contribution in [2.45, 2.75) is 6.92 Å². The van der Waals surface area contributed by atoms with Crippen LogP contribution in [0.15, 0.2) is 24.4 Å². The molecule has 5 heteroatoms. The Morgan fingerprint density at radius 3 is 2.81 bits per heavy atom. The van der Waals surface area contributed by atoms with Crippen LogP contribution in [-0.4, -0.2) is 21.3 Å². The van der Waals surface area contributed by atoms with Crippen molar-refractivity contribution in [1.29, 1.82) is 0 Å². The molecule has 0 spiro atoms. The summed E-state index contributed by atoms with van der Waals surface area (Å²) in [5.74, 6) is -0.512. The van der Waals surface area contributed by atoms with Crippen LogP contribution in [0.2, 0.25) is 0 Å². The number of nitrogens with two attached hydrogens (primary N) is 1. The van der Waals surface area contributed by atoms with Crippen LogP contribution >= 0.6 is 0 Å². The first-order chi connectivity index (χ1) is 7.59. The number of carboxylic acids is 1. The van der Waals surface area contributed by atoms with Crippen LogP contribution in [0, 0.1) is 6.92 Å². The highest BCUT2D eigenvalue weighted by Crippen LogP contribution is 2.25. The smallest absolute Gasteiger partial charge is 0.335 e. The fourth-order valence-electron chi connectivity index (χ4n) is 1.55. The van der Waals surface area contributed by atoms with Gasteiger partial charge in [0.2, 0.25) is 0 Å². The zero-order chi connectivity index (χ0) is 11.7. The van der Waals surface area contributed by atoms with Gasteiger partial charge in [0.05, 0.1) is 11.8 Å². The molecule has 0 radical (unpaired) electrons. The first-order valence-electron chi connectivity index (χ1n) is 4.72. The van der Waals surface area contributed by atoms with E-state index in [1.807, 2.05) is 6.07 Å². The molecule has 16 heavy (non-hydrogen) atoms. The topological polar surface area (TPSA) is 92.0 Å². The quantitative estimate of drug-likeness (QED) is 0.713. The number of aryl methyl sites for hydroxylation is 1. The maximum Gasteiger partial charge on any atom is 0.335 e. The number of carbonyl (C=O) groups is 1. The van der Waals surface area contributed by atoms with Crippen LogP contribution in [0.4, 0.5) is 5.82 Å². The third-order valence-corrected chi connectivity index (χ3v) is 2.45. The standard InChI is InChI=1S/C11H11N3O2/c1-6-2-3-7(4-8(6)11(15)16)9-5-13-14-10(9)12/h2-5H,1H3,(H,15,16)(H3,12,13,14). The van der Waals surface area contributed by atoms with E-state index in [4.69, 9.17) is 10.8 Å². The Morgan fingerprint density at radius 2 is 2.25 bits per heavy atom. The fraction of sp³-hybridized carbons (Fsp3) is 0.0909. The van der Waals surface area contributed by atoms with Crippen molar-refractivity contribution in [2.24, 2.45) is 0 Å². The molecular formula is C11H11N3O2. The number of benzene rings is 1. The Bertz CT molecular complexity index is 546. The van der Waals surface area contributed by atoms with Gasteiger partial charge >= 0.3 is 5.97 Å². The van der Waals surface area contributed by atoms with Gasteiger partial charge in [0, 0.05) is 5.56 Å². The zero-order valence-electron chi connectivity index (χ0n) is 8.69. The molecule has 1 aromatic heterocycles. The molecule has 0 atom stereocenters. The van der Waals surface area contributed by atoms with E-state index in [9.17, 15) is 4.79 Å². The molecule has 0 saturated heterocycles. The summed E-state index contributed by atoms with van der Waals surface area (Å²) in [5.41, 5.74) is 8.12. The summed E-state index contributed by atoms with van der Waals surface area (Å²) in [4.78, 5) is 11.0. The number of hydrogen-bond donors (Lipinski definition) is 3.